The highest BCUT2D eigenvalue weighted by Crippen LogP contribution is 2.77. The molecule has 0 radical (unpaired) electrons. The minimum Gasteiger partial charge on any atom is -0.218 e. The third kappa shape index (κ3) is 1.84. The molecule has 2 atom stereocenters. The molecule has 0 aromatic carbocycles. The predicted octanol–water partition coefficient (Wildman–Crippen LogP) is 5.61. The van der Waals surface area contributed by atoms with E-state index in [0.29, 0.717) is 0 Å². The van der Waals surface area contributed by atoms with E-state index < -0.39 is 64.2 Å². The maximum absolute atomic E-state index is 14.3. The van der Waals surface area contributed by atoms with E-state index in [1.165, 1.54) is 0 Å². The molecular formula is C10F19N. The number of hydrogen-bond donors (Lipinski definition) is 0. The molecule has 2 rings (SSSR count). The van der Waals surface area contributed by atoms with Gasteiger partial charge in [0.1, 0.15) is 0 Å². The molecule has 2 unspecified atom stereocenters. The van der Waals surface area contributed by atoms with E-state index in [0.717, 1.165) is 0 Å². The van der Waals surface area contributed by atoms with Crippen molar-refractivity contribution in [3.8, 4) is 0 Å². The fourth-order valence-electron chi connectivity index (χ4n) is 2.89. The van der Waals surface area contributed by atoms with Crippen LogP contribution in [-0.4, -0.2) is 64.2 Å². The maximum atomic E-state index is 14.3. The molecule has 0 amide bonds. The van der Waals surface area contributed by atoms with Crippen LogP contribution in [0.2, 0.25) is 0 Å². The summed E-state index contributed by atoms with van der Waals surface area (Å²) in [6.45, 7) is 0. The number of hydrogen-bond acceptors (Lipinski definition) is 1. The summed E-state index contributed by atoms with van der Waals surface area (Å²) in [5.41, 5.74) is -8.45. The number of halogens is 19. The first-order chi connectivity index (χ1) is 12.6. The Labute approximate surface area is 149 Å². The predicted molar refractivity (Wildman–Crippen MR) is 50.2 cm³/mol. The standard InChI is InChI=1S/C10F19N/c11-1(8(23,24)25)2(12,13)4(16,17)7(22)5(18,19)3(14,15)6(20,21)10(28,29)30(7)9(1,26)27. The smallest absolute Gasteiger partial charge is 0.218 e. The van der Waals surface area contributed by atoms with Crippen LogP contribution in [0.1, 0.15) is 0 Å². The molecule has 0 aromatic rings. The number of rotatable bonds is 0. The summed E-state index contributed by atoms with van der Waals surface area (Å²) in [5.74, 6) is -50.1. The Bertz CT molecular complexity index is 749. The van der Waals surface area contributed by atoms with E-state index >= 15 is 0 Å². The van der Waals surface area contributed by atoms with Gasteiger partial charge in [-0.15, -0.1) is 4.90 Å². The van der Waals surface area contributed by atoms with E-state index in [1.807, 2.05) is 0 Å². The summed E-state index contributed by atoms with van der Waals surface area (Å²) in [4.78, 5) is -4.60. The van der Waals surface area contributed by atoms with Gasteiger partial charge < -0.3 is 0 Å². The lowest BCUT2D eigenvalue weighted by Crippen LogP contribution is -2.97. The second-order valence-electron chi connectivity index (χ2n) is 6.07. The first-order valence-corrected chi connectivity index (χ1v) is 6.51. The molecule has 178 valence electrons. The zero-order valence-corrected chi connectivity index (χ0v) is 12.6. The minimum atomic E-state index is -8.53. The van der Waals surface area contributed by atoms with E-state index in [4.69, 9.17) is 0 Å². The number of fused-ring (bicyclic) bond motifs is 1. The van der Waals surface area contributed by atoms with Crippen molar-refractivity contribution in [1.82, 2.24) is 4.90 Å². The Balaban J connectivity index is 3.19. The second kappa shape index (κ2) is 5.16. The van der Waals surface area contributed by atoms with Gasteiger partial charge in [-0.2, -0.15) is 74.6 Å². The molecule has 1 nitrogen and oxygen atoms in total. The summed E-state index contributed by atoms with van der Waals surface area (Å²) in [6, 6.07) is -16.6. The quantitative estimate of drug-likeness (QED) is 0.312. The van der Waals surface area contributed by atoms with Gasteiger partial charge >= 0.3 is 59.3 Å². The highest BCUT2D eigenvalue weighted by atomic mass is 19.4. The fourth-order valence-corrected chi connectivity index (χ4v) is 2.89. The van der Waals surface area contributed by atoms with Crippen molar-refractivity contribution < 1.29 is 83.4 Å². The second-order valence-corrected chi connectivity index (χ2v) is 6.07. The van der Waals surface area contributed by atoms with Crippen LogP contribution in [0, 0.1) is 0 Å². The van der Waals surface area contributed by atoms with Crippen LogP contribution in [0.15, 0.2) is 0 Å². The molecule has 0 N–H and O–H groups in total. The zero-order chi connectivity index (χ0) is 24.6. The lowest BCUT2D eigenvalue weighted by atomic mass is 9.71. The van der Waals surface area contributed by atoms with Crippen molar-refractivity contribution in [2.75, 3.05) is 0 Å². The third-order valence-corrected chi connectivity index (χ3v) is 4.50. The molecule has 0 bridgehead atoms. The molecule has 2 aliphatic heterocycles. The first kappa shape index (κ1) is 24.9. The molecular weight excluding hydrogens is 495 g/mol. The van der Waals surface area contributed by atoms with Crippen LogP contribution in [0.4, 0.5) is 83.4 Å². The third-order valence-electron chi connectivity index (χ3n) is 4.50. The lowest BCUT2D eigenvalue weighted by molar-refractivity contribution is -0.592. The summed E-state index contributed by atoms with van der Waals surface area (Å²) >= 11 is 0. The largest absolute Gasteiger partial charge is 0.436 e. The highest BCUT2D eigenvalue weighted by Gasteiger charge is 3.10. The summed E-state index contributed by atoms with van der Waals surface area (Å²) in [5, 5.41) is 0. The van der Waals surface area contributed by atoms with E-state index in [9.17, 15) is 83.4 Å². The van der Waals surface area contributed by atoms with Crippen LogP contribution in [-0.2, 0) is 0 Å². The molecule has 0 saturated carbocycles. The molecule has 2 heterocycles. The van der Waals surface area contributed by atoms with Crippen molar-refractivity contribution in [1.29, 1.82) is 0 Å². The van der Waals surface area contributed by atoms with Crippen LogP contribution in [0.5, 0.6) is 0 Å². The number of piperidine rings is 2. The summed E-state index contributed by atoms with van der Waals surface area (Å²) in [7, 11) is 0. The minimum absolute atomic E-state index is 4.60. The summed E-state index contributed by atoms with van der Waals surface area (Å²) < 4.78 is 254. The topological polar surface area (TPSA) is 3.24 Å². The monoisotopic (exact) mass is 495 g/mol. The molecule has 2 fully saturated rings. The molecule has 30 heavy (non-hydrogen) atoms. The first-order valence-electron chi connectivity index (χ1n) is 6.51. The van der Waals surface area contributed by atoms with E-state index in [2.05, 4.69) is 0 Å². The van der Waals surface area contributed by atoms with Crippen molar-refractivity contribution in [3.05, 3.63) is 0 Å². The Morgan fingerprint density at radius 1 is 0.400 bits per heavy atom. The van der Waals surface area contributed by atoms with Crippen LogP contribution < -0.4 is 0 Å². The normalized spacial score (nSPS) is 40.5. The van der Waals surface area contributed by atoms with Crippen LogP contribution >= 0.6 is 0 Å². The average molecular weight is 495 g/mol. The Hall–Kier alpha value is -1.37. The van der Waals surface area contributed by atoms with E-state index in [1.54, 1.807) is 0 Å². The van der Waals surface area contributed by atoms with Crippen molar-refractivity contribution in [2.45, 2.75) is 59.3 Å². The van der Waals surface area contributed by atoms with Gasteiger partial charge in [0.05, 0.1) is 0 Å². The molecule has 0 aromatic heterocycles. The fraction of sp³-hybridized carbons (Fsp3) is 1.00. The lowest BCUT2D eigenvalue weighted by Gasteiger charge is -2.63. The van der Waals surface area contributed by atoms with Crippen molar-refractivity contribution >= 4 is 0 Å². The Kier molecular flexibility index (Phi) is 4.28. The number of nitrogens with zero attached hydrogens (tertiary/aromatic N) is 1. The van der Waals surface area contributed by atoms with Gasteiger partial charge in [0.2, 0.25) is 0 Å². The van der Waals surface area contributed by atoms with Crippen molar-refractivity contribution in [2.24, 2.45) is 0 Å². The maximum Gasteiger partial charge on any atom is 0.436 e. The molecule has 2 saturated heterocycles. The molecule has 2 aliphatic rings. The Morgan fingerprint density at radius 3 is 1.07 bits per heavy atom. The van der Waals surface area contributed by atoms with Gasteiger partial charge in [0.15, 0.2) is 0 Å². The Morgan fingerprint density at radius 2 is 0.733 bits per heavy atom. The van der Waals surface area contributed by atoms with Gasteiger partial charge in [-0.25, -0.2) is 8.78 Å². The molecule has 20 heteroatoms. The summed E-state index contributed by atoms with van der Waals surface area (Å²) in [6.07, 6.45) is -8.16. The van der Waals surface area contributed by atoms with Gasteiger partial charge in [-0.05, 0) is 0 Å². The molecule has 0 spiro atoms. The van der Waals surface area contributed by atoms with Gasteiger partial charge in [-0.1, -0.05) is 0 Å². The van der Waals surface area contributed by atoms with Crippen molar-refractivity contribution in [3.63, 3.8) is 0 Å². The highest BCUT2D eigenvalue weighted by molar-refractivity contribution is 5.32. The van der Waals surface area contributed by atoms with Gasteiger partial charge in [0.25, 0.3) is 0 Å². The SMILES string of the molecule is FC(F)(F)C1(F)C(F)(F)N2C(F)(F)C(F)(F)C(F)(F)C(F)(F)C2(F)C(F)(F)C1(F)F. The van der Waals surface area contributed by atoms with Gasteiger partial charge in [-0.3, -0.25) is 0 Å². The average Bonchev–Trinajstić information content (AvgIpc) is 2.48. The zero-order valence-electron chi connectivity index (χ0n) is 12.6. The van der Waals surface area contributed by atoms with Gasteiger partial charge in [0, 0.05) is 0 Å². The van der Waals surface area contributed by atoms with E-state index in [-0.39, 0.29) is 0 Å². The van der Waals surface area contributed by atoms with Crippen LogP contribution in [0.25, 0.3) is 0 Å². The number of alkyl halides is 19. The van der Waals surface area contributed by atoms with Crippen LogP contribution in [0.3, 0.4) is 0 Å². The molecule has 0 aliphatic carbocycles.